The molecular formula is C23H16Cl2N2O2S. The van der Waals surface area contributed by atoms with Crippen LogP contribution in [0.15, 0.2) is 88.5 Å². The van der Waals surface area contributed by atoms with E-state index in [4.69, 9.17) is 27.6 Å². The SMILES string of the molecule is O=C(CSc1nc(-c2ccccc2)c(-c2ccccc2)o1)Nc1ccc(Cl)c(Cl)c1. The van der Waals surface area contributed by atoms with Gasteiger partial charge in [0.1, 0.15) is 5.69 Å². The molecule has 0 atom stereocenters. The summed E-state index contributed by atoms with van der Waals surface area (Å²) in [7, 11) is 0. The highest BCUT2D eigenvalue weighted by Gasteiger charge is 2.18. The van der Waals surface area contributed by atoms with Crippen LogP contribution in [0, 0.1) is 0 Å². The molecule has 150 valence electrons. The average molecular weight is 455 g/mol. The van der Waals surface area contributed by atoms with Gasteiger partial charge in [-0.25, -0.2) is 4.98 Å². The normalized spacial score (nSPS) is 10.7. The number of carbonyl (C=O) groups excluding carboxylic acids is 1. The smallest absolute Gasteiger partial charge is 0.257 e. The molecule has 0 saturated carbocycles. The lowest BCUT2D eigenvalue weighted by molar-refractivity contribution is -0.113. The molecule has 7 heteroatoms. The minimum atomic E-state index is -0.195. The van der Waals surface area contributed by atoms with Gasteiger partial charge in [0, 0.05) is 16.8 Å². The van der Waals surface area contributed by atoms with E-state index in [9.17, 15) is 4.79 Å². The Balaban J connectivity index is 1.52. The zero-order chi connectivity index (χ0) is 20.9. The molecule has 3 aromatic carbocycles. The number of anilines is 1. The molecule has 0 unspecified atom stereocenters. The molecule has 4 nitrogen and oxygen atoms in total. The molecule has 0 fully saturated rings. The Morgan fingerprint density at radius 2 is 1.57 bits per heavy atom. The maximum atomic E-state index is 12.3. The van der Waals surface area contributed by atoms with Gasteiger partial charge in [0.15, 0.2) is 5.76 Å². The van der Waals surface area contributed by atoms with Crippen LogP contribution in [0.1, 0.15) is 0 Å². The molecule has 0 aliphatic carbocycles. The number of oxazole rings is 1. The number of amides is 1. The largest absolute Gasteiger partial charge is 0.431 e. The van der Waals surface area contributed by atoms with Crippen LogP contribution in [-0.4, -0.2) is 16.6 Å². The van der Waals surface area contributed by atoms with Gasteiger partial charge in [-0.05, 0) is 18.2 Å². The second kappa shape index (κ2) is 9.39. The number of aromatic nitrogens is 1. The predicted octanol–water partition coefficient (Wildman–Crippen LogP) is 7.05. The Morgan fingerprint density at radius 1 is 0.900 bits per heavy atom. The van der Waals surface area contributed by atoms with Crippen molar-refractivity contribution in [2.45, 2.75) is 5.22 Å². The Hall–Kier alpha value is -2.73. The first-order valence-corrected chi connectivity index (χ1v) is 10.8. The molecule has 1 aromatic heterocycles. The fourth-order valence-corrected chi connectivity index (χ4v) is 3.76. The summed E-state index contributed by atoms with van der Waals surface area (Å²) in [5, 5.41) is 4.04. The molecular weight excluding hydrogens is 439 g/mol. The van der Waals surface area contributed by atoms with Crippen molar-refractivity contribution in [3.05, 3.63) is 88.9 Å². The van der Waals surface area contributed by atoms with E-state index in [0.717, 1.165) is 16.8 Å². The van der Waals surface area contributed by atoms with Gasteiger partial charge in [-0.15, -0.1) is 0 Å². The Kier molecular flexibility index (Phi) is 6.43. The molecule has 0 radical (unpaired) electrons. The molecule has 0 spiro atoms. The number of thioether (sulfide) groups is 1. The van der Waals surface area contributed by atoms with Gasteiger partial charge in [0.2, 0.25) is 5.91 Å². The van der Waals surface area contributed by atoms with Gasteiger partial charge in [-0.2, -0.15) is 0 Å². The van der Waals surface area contributed by atoms with Crippen molar-refractivity contribution in [3.63, 3.8) is 0 Å². The Bertz CT molecular complexity index is 1110. The summed E-state index contributed by atoms with van der Waals surface area (Å²) < 4.78 is 6.02. The maximum absolute atomic E-state index is 12.3. The van der Waals surface area contributed by atoms with Crippen molar-refractivity contribution in [2.24, 2.45) is 0 Å². The summed E-state index contributed by atoms with van der Waals surface area (Å²) in [6.45, 7) is 0. The number of carbonyl (C=O) groups is 1. The lowest BCUT2D eigenvalue weighted by atomic mass is 10.1. The van der Waals surface area contributed by atoms with Crippen molar-refractivity contribution in [1.82, 2.24) is 4.98 Å². The van der Waals surface area contributed by atoms with Crippen molar-refractivity contribution in [2.75, 3.05) is 11.1 Å². The van der Waals surface area contributed by atoms with Crippen molar-refractivity contribution < 1.29 is 9.21 Å². The monoisotopic (exact) mass is 454 g/mol. The molecule has 0 aliphatic rings. The van der Waals surface area contributed by atoms with Crippen LogP contribution >= 0.6 is 35.0 Å². The van der Waals surface area contributed by atoms with Crippen molar-refractivity contribution in [3.8, 4) is 22.6 Å². The molecule has 30 heavy (non-hydrogen) atoms. The van der Waals surface area contributed by atoms with E-state index in [2.05, 4.69) is 10.3 Å². The van der Waals surface area contributed by atoms with Gasteiger partial charge in [-0.3, -0.25) is 4.79 Å². The van der Waals surface area contributed by atoms with E-state index >= 15 is 0 Å². The molecule has 1 N–H and O–H groups in total. The number of hydrogen-bond acceptors (Lipinski definition) is 4. The average Bonchev–Trinajstić information content (AvgIpc) is 3.21. The highest BCUT2D eigenvalue weighted by atomic mass is 35.5. The molecule has 1 heterocycles. The first-order chi connectivity index (χ1) is 14.6. The quantitative estimate of drug-likeness (QED) is 0.317. The van der Waals surface area contributed by atoms with Crippen LogP contribution in [0.5, 0.6) is 0 Å². The first kappa shape index (κ1) is 20.5. The highest BCUT2D eigenvalue weighted by Crippen LogP contribution is 2.35. The van der Waals surface area contributed by atoms with E-state index in [0.29, 0.717) is 26.7 Å². The maximum Gasteiger partial charge on any atom is 0.257 e. The molecule has 4 aromatic rings. The van der Waals surface area contributed by atoms with E-state index in [1.54, 1.807) is 18.2 Å². The van der Waals surface area contributed by atoms with Gasteiger partial charge < -0.3 is 9.73 Å². The second-order valence-electron chi connectivity index (χ2n) is 6.36. The second-order valence-corrected chi connectivity index (χ2v) is 8.10. The minimum Gasteiger partial charge on any atom is -0.431 e. The van der Waals surface area contributed by atoms with Crippen LogP contribution < -0.4 is 5.32 Å². The summed E-state index contributed by atoms with van der Waals surface area (Å²) in [5.74, 6) is 0.622. The van der Waals surface area contributed by atoms with Gasteiger partial charge in [0.25, 0.3) is 5.22 Å². The lowest BCUT2D eigenvalue weighted by Gasteiger charge is -2.05. The molecule has 0 aliphatic heterocycles. The summed E-state index contributed by atoms with van der Waals surface area (Å²) in [4.78, 5) is 17.0. The predicted molar refractivity (Wildman–Crippen MR) is 123 cm³/mol. The topological polar surface area (TPSA) is 55.1 Å². The van der Waals surface area contributed by atoms with Gasteiger partial charge >= 0.3 is 0 Å². The number of benzene rings is 3. The number of rotatable bonds is 6. The standard InChI is InChI=1S/C23H16Cl2N2O2S/c24-18-12-11-17(13-19(18)25)26-20(28)14-30-23-27-21(15-7-3-1-4-8-15)22(29-23)16-9-5-2-6-10-16/h1-13H,14H2,(H,26,28). The first-order valence-electron chi connectivity index (χ1n) is 9.09. The van der Waals surface area contributed by atoms with Crippen LogP contribution in [0.25, 0.3) is 22.6 Å². The number of nitrogens with one attached hydrogen (secondary N) is 1. The number of hydrogen-bond donors (Lipinski definition) is 1. The van der Waals surface area contributed by atoms with Crippen LogP contribution in [0.4, 0.5) is 5.69 Å². The molecule has 1 amide bonds. The van der Waals surface area contributed by atoms with Crippen molar-refractivity contribution >= 4 is 46.6 Å². The Morgan fingerprint density at radius 3 is 2.23 bits per heavy atom. The number of halogens is 2. The van der Waals surface area contributed by atoms with E-state index in [1.807, 2.05) is 60.7 Å². The fraction of sp³-hybridized carbons (Fsp3) is 0.0435. The van der Waals surface area contributed by atoms with Crippen LogP contribution in [0.2, 0.25) is 10.0 Å². The molecule has 0 bridgehead atoms. The summed E-state index contributed by atoms with van der Waals surface area (Å²) in [6, 6.07) is 24.6. The summed E-state index contributed by atoms with van der Waals surface area (Å²) >= 11 is 13.1. The van der Waals surface area contributed by atoms with E-state index in [-0.39, 0.29) is 11.7 Å². The summed E-state index contributed by atoms with van der Waals surface area (Å²) in [5.41, 5.74) is 3.20. The van der Waals surface area contributed by atoms with E-state index in [1.165, 1.54) is 11.8 Å². The highest BCUT2D eigenvalue weighted by molar-refractivity contribution is 7.99. The van der Waals surface area contributed by atoms with Crippen LogP contribution in [-0.2, 0) is 4.79 Å². The minimum absolute atomic E-state index is 0.142. The van der Waals surface area contributed by atoms with Gasteiger partial charge in [-0.1, -0.05) is 95.6 Å². The third-order valence-electron chi connectivity index (χ3n) is 4.22. The molecule has 0 saturated heterocycles. The Labute approximate surface area is 188 Å². The zero-order valence-electron chi connectivity index (χ0n) is 15.6. The third kappa shape index (κ3) is 4.87. The summed E-state index contributed by atoms with van der Waals surface area (Å²) in [6.07, 6.45) is 0. The number of nitrogens with zero attached hydrogens (tertiary/aromatic N) is 1. The zero-order valence-corrected chi connectivity index (χ0v) is 18.0. The van der Waals surface area contributed by atoms with Gasteiger partial charge in [0.05, 0.1) is 15.8 Å². The van der Waals surface area contributed by atoms with Crippen molar-refractivity contribution in [1.29, 1.82) is 0 Å². The van der Waals surface area contributed by atoms with E-state index < -0.39 is 0 Å². The fourth-order valence-electron chi connectivity index (χ4n) is 2.84. The van der Waals surface area contributed by atoms with Crippen LogP contribution in [0.3, 0.4) is 0 Å². The molecule has 4 rings (SSSR count). The third-order valence-corrected chi connectivity index (χ3v) is 5.79. The lowest BCUT2D eigenvalue weighted by Crippen LogP contribution is -2.13.